The number of aryl methyl sites for hydroxylation is 2. The molecule has 0 radical (unpaired) electrons. The third kappa shape index (κ3) is 5.45. The van der Waals surface area contributed by atoms with Crippen LogP contribution in [0.15, 0.2) is 40.5 Å². The van der Waals surface area contributed by atoms with Crippen molar-refractivity contribution in [3.05, 3.63) is 47.9 Å². The third-order valence-corrected chi connectivity index (χ3v) is 3.73. The number of aromatic nitrogens is 2. The van der Waals surface area contributed by atoms with Crippen LogP contribution in [0.2, 0.25) is 0 Å². The lowest BCUT2D eigenvalue weighted by atomic mass is 10.1. The molecule has 2 aromatic rings. The maximum atomic E-state index is 11.5. The lowest BCUT2D eigenvalue weighted by Gasteiger charge is -2.07. The van der Waals surface area contributed by atoms with Crippen LogP contribution in [0.1, 0.15) is 17.0 Å². The third-order valence-electron chi connectivity index (χ3n) is 2.91. The normalized spacial score (nSPS) is 10.3. The van der Waals surface area contributed by atoms with E-state index in [1.54, 1.807) is 6.08 Å². The number of benzene rings is 1. The van der Waals surface area contributed by atoms with Gasteiger partial charge in [0.05, 0.1) is 5.75 Å². The van der Waals surface area contributed by atoms with E-state index < -0.39 is 0 Å². The molecular weight excluding hydrogens is 314 g/mol. The van der Waals surface area contributed by atoms with Crippen molar-refractivity contribution < 1.29 is 13.9 Å². The topological polar surface area (TPSA) is 77.2 Å². The minimum absolute atomic E-state index is 0.110. The van der Waals surface area contributed by atoms with Crippen LogP contribution < -0.4 is 10.1 Å². The van der Waals surface area contributed by atoms with Gasteiger partial charge in [-0.1, -0.05) is 30.0 Å². The molecule has 0 atom stereocenters. The Labute approximate surface area is 139 Å². The van der Waals surface area contributed by atoms with Gasteiger partial charge in [0.25, 0.3) is 11.1 Å². The fraction of sp³-hybridized carbons (Fsp3) is 0.312. The summed E-state index contributed by atoms with van der Waals surface area (Å²) >= 11 is 1.18. The molecule has 2 rings (SSSR count). The average Bonchev–Trinajstić information content (AvgIpc) is 2.99. The fourth-order valence-electron chi connectivity index (χ4n) is 1.72. The van der Waals surface area contributed by atoms with Gasteiger partial charge in [-0.15, -0.1) is 16.8 Å². The SMILES string of the molecule is C=CCNC(=O)CSc1nnc(COc2cc(C)ccc2C)o1. The van der Waals surface area contributed by atoms with Gasteiger partial charge in [0.15, 0.2) is 6.61 Å². The number of thioether (sulfide) groups is 1. The molecule has 0 aliphatic heterocycles. The van der Waals surface area contributed by atoms with Gasteiger partial charge in [-0.3, -0.25) is 4.79 Å². The largest absolute Gasteiger partial charge is 0.484 e. The van der Waals surface area contributed by atoms with Crippen LogP contribution in [0, 0.1) is 13.8 Å². The van der Waals surface area contributed by atoms with Crippen LogP contribution in [0.3, 0.4) is 0 Å². The number of carbonyl (C=O) groups excluding carboxylic acids is 1. The molecule has 23 heavy (non-hydrogen) atoms. The highest BCUT2D eigenvalue weighted by Crippen LogP contribution is 2.21. The second kappa shape index (κ2) is 8.38. The second-order valence-corrected chi connectivity index (χ2v) is 5.83. The van der Waals surface area contributed by atoms with E-state index >= 15 is 0 Å². The molecule has 0 saturated heterocycles. The van der Waals surface area contributed by atoms with Crippen LogP contribution in [-0.2, 0) is 11.4 Å². The zero-order valence-electron chi connectivity index (χ0n) is 13.2. The van der Waals surface area contributed by atoms with E-state index in [2.05, 4.69) is 22.1 Å². The van der Waals surface area contributed by atoms with Crippen molar-refractivity contribution in [1.29, 1.82) is 0 Å². The Bertz CT molecular complexity index is 685. The van der Waals surface area contributed by atoms with Crippen molar-refractivity contribution in [1.82, 2.24) is 15.5 Å². The zero-order valence-corrected chi connectivity index (χ0v) is 14.0. The zero-order chi connectivity index (χ0) is 16.7. The Kier molecular flexibility index (Phi) is 6.22. The van der Waals surface area contributed by atoms with Crippen LogP contribution in [0.5, 0.6) is 5.75 Å². The highest BCUT2D eigenvalue weighted by Gasteiger charge is 2.10. The maximum Gasteiger partial charge on any atom is 0.277 e. The van der Waals surface area contributed by atoms with E-state index in [1.807, 2.05) is 32.0 Å². The molecule has 0 aliphatic carbocycles. The lowest BCUT2D eigenvalue weighted by molar-refractivity contribution is -0.118. The van der Waals surface area contributed by atoms with Gasteiger partial charge in [-0.25, -0.2) is 0 Å². The van der Waals surface area contributed by atoms with Gasteiger partial charge in [0.2, 0.25) is 5.91 Å². The van der Waals surface area contributed by atoms with Crippen LogP contribution in [0.25, 0.3) is 0 Å². The first-order chi connectivity index (χ1) is 11.1. The summed E-state index contributed by atoms with van der Waals surface area (Å²) in [5.41, 5.74) is 2.17. The second-order valence-electron chi connectivity index (χ2n) is 4.90. The molecule has 0 spiro atoms. The molecule has 1 amide bonds. The molecule has 1 heterocycles. The average molecular weight is 333 g/mol. The highest BCUT2D eigenvalue weighted by molar-refractivity contribution is 7.99. The summed E-state index contributed by atoms with van der Waals surface area (Å²) in [5, 5.41) is 10.8. The number of hydrogen-bond donors (Lipinski definition) is 1. The molecule has 0 aliphatic rings. The summed E-state index contributed by atoms with van der Waals surface area (Å²) in [5.74, 6) is 1.27. The van der Waals surface area contributed by atoms with Gasteiger partial charge >= 0.3 is 0 Å². The molecule has 0 fully saturated rings. The Morgan fingerprint density at radius 2 is 2.26 bits per heavy atom. The van der Waals surface area contributed by atoms with Gasteiger partial charge in [0.1, 0.15) is 5.75 Å². The van der Waals surface area contributed by atoms with Gasteiger partial charge in [-0.2, -0.15) is 0 Å². The molecule has 0 bridgehead atoms. The first-order valence-electron chi connectivity index (χ1n) is 7.11. The van der Waals surface area contributed by atoms with Crippen molar-refractivity contribution in [2.45, 2.75) is 25.7 Å². The molecule has 1 aromatic carbocycles. The molecular formula is C16H19N3O3S. The number of ether oxygens (including phenoxy) is 1. The summed E-state index contributed by atoms with van der Waals surface area (Å²) in [6.45, 7) is 8.16. The van der Waals surface area contributed by atoms with Gasteiger partial charge < -0.3 is 14.5 Å². The molecule has 1 aromatic heterocycles. The van der Waals surface area contributed by atoms with E-state index in [4.69, 9.17) is 9.15 Å². The number of rotatable bonds is 8. The molecule has 6 nitrogen and oxygen atoms in total. The number of carbonyl (C=O) groups is 1. The first-order valence-corrected chi connectivity index (χ1v) is 8.10. The summed E-state index contributed by atoms with van der Waals surface area (Å²) in [4.78, 5) is 11.5. The molecule has 1 N–H and O–H groups in total. The molecule has 122 valence electrons. The summed E-state index contributed by atoms with van der Waals surface area (Å²) in [6, 6.07) is 5.99. The van der Waals surface area contributed by atoms with Crippen molar-refractivity contribution in [2.75, 3.05) is 12.3 Å². The van der Waals surface area contributed by atoms with Crippen molar-refractivity contribution in [3.8, 4) is 5.75 Å². The van der Waals surface area contributed by atoms with E-state index in [1.165, 1.54) is 11.8 Å². The summed E-state index contributed by atoms with van der Waals surface area (Å²) in [6.07, 6.45) is 1.62. The fourth-order valence-corrected chi connectivity index (χ4v) is 2.33. The van der Waals surface area contributed by atoms with Crippen LogP contribution in [-0.4, -0.2) is 28.4 Å². The summed E-state index contributed by atoms with van der Waals surface area (Å²) < 4.78 is 11.1. The smallest absolute Gasteiger partial charge is 0.277 e. The lowest BCUT2D eigenvalue weighted by Crippen LogP contribution is -2.24. The highest BCUT2D eigenvalue weighted by atomic mass is 32.2. The van der Waals surface area contributed by atoms with Gasteiger partial charge in [0, 0.05) is 6.54 Å². The predicted octanol–water partition coefficient (Wildman–Crippen LogP) is 2.66. The van der Waals surface area contributed by atoms with Gasteiger partial charge in [-0.05, 0) is 31.0 Å². The minimum atomic E-state index is -0.110. The Morgan fingerprint density at radius 1 is 1.43 bits per heavy atom. The minimum Gasteiger partial charge on any atom is -0.484 e. The predicted molar refractivity (Wildman–Crippen MR) is 88.5 cm³/mol. The standard InChI is InChI=1S/C16H19N3O3S/c1-4-7-17-14(20)10-23-16-19-18-15(22-16)9-21-13-8-11(2)5-6-12(13)3/h4-6,8H,1,7,9-10H2,2-3H3,(H,17,20). The quantitative estimate of drug-likeness (QED) is 0.591. The molecule has 0 unspecified atom stereocenters. The monoisotopic (exact) mass is 333 g/mol. The molecule has 7 heteroatoms. The molecule has 0 saturated carbocycles. The van der Waals surface area contributed by atoms with Crippen molar-refractivity contribution in [2.24, 2.45) is 0 Å². The van der Waals surface area contributed by atoms with E-state index in [0.29, 0.717) is 17.7 Å². The Balaban J connectivity index is 1.84. The number of nitrogens with one attached hydrogen (secondary N) is 1. The Morgan fingerprint density at radius 3 is 3.04 bits per heavy atom. The van der Waals surface area contributed by atoms with E-state index in [9.17, 15) is 4.79 Å². The van der Waals surface area contributed by atoms with Crippen LogP contribution in [0.4, 0.5) is 0 Å². The number of nitrogens with zero attached hydrogens (tertiary/aromatic N) is 2. The van der Waals surface area contributed by atoms with E-state index in [0.717, 1.165) is 16.9 Å². The maximum absolute atomic E-state index is 11.5. The van der Waals surface area contributed by atoms with Crippen molar-refractivity contribution >= 4 is 17.7 Å². The summed E-state index contributed by atoms with van der Waals surface area (Å²) in [7, 11) is 0. The van der Waals surface area contributed by atoms with Crippen molar-refractivity contribution in [3.63, 3.8) is 0 Å². The number of hydrogen-bond acceptors (Lipinski definition) is 6. The number of amides is 1. The Hall–Kier alpha value is -2.28. The first kappa shape index (κ1) is 17.1. The van der Waals surface area contributed by atoms with E-state index in [-0.39, 0.29) is 18.3 Å². The van der Waals surface area contributed by atoms with Crippen LogP contribution >= 0.6 is 11.8 Å².